The van der Waals surface area contributed by atoms with Crippen molar-refractivity contribution in [1.29, 1.82) is 0 Å². The van der Waals surface area contributed by atoms with Gasteiger partial charge in [0.05, 0.1) is 0 Å². The third-order valence-electron chi connectivity index (χ3n) is 2.70. The Morgan fingerprint density at radius 3 is 2.18 bits per heavy atom. The summed E-state index contributed by atoms with van der Waals surface area (Å²) in [6, 6.07) is 15.2. The summed E-state index contributed by atoms with van der Waals surface area (Å²) in [6.45, 7) is 4.34. The molecule has 0 heterocycles. The molecule has 0 N–H and O–H groups in total. The van der Waals surface area contributed by atoms with Gasteiger partial charge in [0.1, 0.15) is 0 Å². The quantitative estimate of drug-likeness (QED) is 0.698. The van der Waals surface area contributed by atoms with E-state index in [1.165, 1.54) is 25.8 Å². The average molecular weight is 260 g/mol. The van der Waals surface area contributed by atoms with E-state index in [-0.39, 0.29) is 0 Å². The van der Waals surface area contributed by atoms with Crippen LogP contribution in [0.25, 0.3) is 0 Å². The Balaban J connectivity index is 2.28. The molecule has 2 heteroatoms. The maximum atomic E-state index is 2.26. The van der Waals surface area contributed by atoms with Crippen LogP contribution in [0.5, 0.6) is 0 Å². The van der Waals surface area contributed by atoms with Gasteiger partial charge in [-0.1, -0.05) is 30.0 Å². The molecule has 2 aromatic carbocycles. The van der Waals surface area contributed by atoms with Crippen molar-refractivity contribution in [1.82, 2.24) is 0 Å². The molecular weight excluding hydrogens is 244 g/mol. The van der Waals surface area contributed by atoms with E-state index in [1.54, 1.807) is 11.8 Å². The zero-order chi connectivity index (χ0) is 12.3. The molecule has 0 atom stereocenters. The summed E-state index contributed by atoms with van der Waals surface area (Å²) in [5, 5.41) is 0. The van der Waals surface area contributed by atoms with Gasteiger partial charge in [0.25, 0.3) is 0 Å². The van der Waals surface area contributed by atoms with E-state index >= 15 is 0 Å². The van der Waals surface area contributed by atoms with Gasteiger partial charge in [-0.05, 0) is 55.5 Å². The maximum absolute atomic E-state index is 2.26. The molecule has 0 aliphatic heterocycles. The van der Waals surface area contributed by atoms with Crippen molar-refractivity contribution >= 4 is 23.5 Å². The van der Waals surface area contributed by atoms with Crippen LogP contribution in [-0.4, -0.2) is 6.26 Å². The normalized spacial score (nSPS) is 10.5. The number of thioether (sulfide) groups is 1. The number of hydrogen-bond donors (Lipinski definition) is 0. The van der Waals surface area contributed by atoms with E-state index < -0.39 is 0 Å². The van der Waals surface area contributed by atoms with Crippen molar-refractivity contribution in [2.24, 2.45) is 0 Å². The molecule has 0 aromatic heterocycles. The molecule has 0 unspecified atom stereocenters. The molecule has 17 heavy (non-hydrogen) atoms. The van der Waals surface area contributed by atoms with Gasteiger partial charge in [-0.15, -0.1) is 11.8 Å². The van der Waals surface area contributed by atoms with Gasteiger partial charge in [-0.2, -0.15) is 0 Å². The highest BCUT2D eigenvalue weighted by molar-refractivity contribution is 7.99. The highest BCUT2D eigenvalue weighted by Gasteiger charge is 2.04. The summed E-state index contributed by atoms with van der Waals surface area (Å²) in [5.41, 5.74) is 2.69. The molecular formula is C15H16S2. The van der Waals surface area contributed by atoms with Crippen LogP contribution in [-0.2, 0) is 0 Å². The van der Waals surface area contributed by atoms with Crippen LogP contribution in [0.2, 0.25) is 0 Å². The van der Waals surface area contributed by atoms with Crippen LogP contribution >= 0.6 is 23.5 Å². The lowest BCUT2D eigenvalue weighted by Gasteiger charge is -2.09. The maximum Gasteiger partial charge on any atom is 0.0152 e. The topological polar surface area (TPSA) is 0 Å². The Bertz CT molecular complexity index is 518. The van der Waals surface area contributed by atoms with Gasteiger partial charge in [-0.3, -0.25) is 0 Å². The molecule has 0 aliphatic rings. The fraction of sp³-hybridized carbons (Fsp3) is 0.200. The largest absolute Gasteiger partial charge is 0.130 e. The highest BCUT2D eigenvalue weighted by Crippen LogP contribution is 2.33. The van der Waals surface area contributed by atoms with Gasteiger partial charge < -0.3 is 0 Å². The first-order valence-corrected chi connectivity index (χ1v) is 7.63. The first-order chi connectivity index (χ1) is 8.20. The molecule has 0 radical (unpaired) electrons. The van der Waals surface area contributed by atoms with Crippen molar-refractivity contribution in [2.45, 2.75) is 28.5 Å². The molecule has 0 saturated carbocycles. The Kier molecular flexibility index (Phi) is 4.19. The van der Waals surface area contributed by atoms with Crippen LogP contribution < -0.4 is 0 Å². The zero-order valence-corrected chi connectivity index (χ0v) is 12.0. The Morgan fingerprint density at radius 1 is 0.824 bits per heavy atom. The number of aryl methyl sites for hydroxylation is 2. The Hall–Kier alpha value is -0.860. The molecule has 0 saturated heterocycles. The monoisotopic (exact) mass is 260 g/mol. The molecule has 2 aromatic rings. The van der Waals surface area contributed by atoms with Gasteiger partial charge in [0.2, 0.25) is 0 Å². The van der Waals surface area contributed by atoms with Crippen LogP contribution in [0, 0.1) is 13.8 Å². The predicted molar refractivity (Wildman–Crippen MR) is 78.3 cm³/mol. The number of benzene rings is 2. The minimum Gasteiger partial charge on any atom is -0.130 e. The van der Waals surface area contributed by atoms with Crippen LogP contribution in [0.1, 0.15) is 11.1 Å². The van der Waals surface area contributed by atoms with Crippen molar-refractivity contribution < 1.29 is 0 Å². The second-order valence-corrected chi connectivity index (χ2v) is 5.96. The van der Waals surface area contributed by atoms with Gasteiger partial charge in [-0.25, -0.2) is 0 Å². The van der Waals surface area contributed by atoms with Gasteiger partial charge in [0.15, 0.2) is 0 Å². The summed E-state index contributed by atoms with van der Waals surface area (Å²) >= 11 is 3.64. The number of hydrogen-bond acceptors (Lipinski definition) is 2. The molecule has 0 nitrogen and oxygen atoms in total. The SMILES string of the molecule is CSc1ccc(Sc2ccccc2C)c(C)c1. The molecule has 0 fully saturated rings. The van der Waals surface area contributed by atoms with E-state index in [0.29, 0.717) is 0 Å². The highest BCUT2D eigenvalue weighted by atomic mass is 32.2. The summed E-state index contributed by atoms with van der Waals surface area (Å²) in [7, 11) is 0. The van der Waals surface area contributed by atoms with Crippen LogP contribution in [0.4, 0.5) is 0 Å². The molecule has 88 valence electrons. The summed E-state index contributed by atoms with van der Waals surface area (Å²) in [6.07, 6.45) is 2.11. The minimum atomic E-state index is 1.33. The third kappa shape index (κ3) is 3.08. The smallest absolute Gasteiger partial charge is 0.0152 e. The second-order valence-electron chi connectivity index (χ2n) is 4.00. The van der Waals surface area contributed by atoms with E-state index in [2.05, 4.69) is 62.6 Å². The van der Waals surface area contributed by atoms with Crippen molar-refractivity contribution in [3.8, 4) is 0 Å². The summed E-state index contributed by atoms with van der Waals surface area (Å²) in [4.78, 5) is 4.02. The first-order valence-electron chi connectivity index (χ1n) is 5.59. The first kappa shape index (κ1) is 12.6. The standard InChI is InChI=1S/C15H16S2/c1-11-6-4-5-7-14(11)17-15-9-8-13(16-3)10-12(15)2/h4-10H,1-3H3. The van der Waals surface area contributed by atoms with E-state index in [1.807, 2.05) is 11.8 Å². The van der Waals surface area contributed by atoms with Gasteiger partial charge in [0, 0.05) is 14.7 Å². The van der Waals surface area contributed by atoms with E-state index in [0.717, 1.165) is 0 Å². The van der Waals surface area contributed by atoms with Crippen LogP contribution in [0.3, 0.4) is 0 Å². The van der Waals surface area contributed by atoms with E-state index in [4.69, 9.17) is 0 Å². The predicted octanol–water partition coefficient (Wildman–Crippen LogP) is 5.18. The molecule has 2 rings (SSSR count). The lowest BCUT2D eigenvalue weighted by molar-refractivity contribution is 1.23. The summed E-state index contributed by atoms with van der Waals surface area (Å²) in [5.74, 6) is 0. The Labute approximate surface area is 112 Å². The van der Waals surface area contributed by atoms with E-state index in [9.17, 15) is 0 Å². The second kappa shape index (κ2) is 5.65. The van der Waals surface area contributed by atoms with Gasteiger partial charge >= 0.3 is 0 Å². The molecule has 0 amide bonds. The van der Waals surface area contributed by atoms with Crippen molar-refractivity contribution in [2.75, 3.05) is 6.26 Å². The molecule has 0 aliphatic carbocycles. The lowest BCUT2D eigenvalue weighted by Crippen LogP contribution is -1.83. The Morgan fingerprint density at radius 2 is 1.53 bits per heavy atom. The lowest BCUT2D eigenvalue weighted by atomic mass is 10.2. The molecule has 0 bridgehead atoms. The zero-order valence-electron chi connectivity index (χ0n) is 10.4. The van der Waals surface area contributed by atoms with Crippen LogP contribution in [0.15, 0.2) is 57.2 Å². The van der Waals surface area contributed by atoms with Crippen molar-refractivity contribution in [3.05, 3.63) is 53.6 Å². The number of rotatable bonds is 3. The fourth-order valence-corrected chi connectivity index (χ4v) is 3.12. The minimum absolute atomic E-state index is 1.33. The average Bonchev–Trinajstić information content (AvgIpc) is 2.34. The van der Waals surface area contributed by atoms with Crippen molar-refractivity contribution in [3.63, 3.8) is 0 Å². The third-order valence-corrected chi connectivity index (χ3v) is 4.78. The molecule has 0 spiro atoms. The summed E-state index contributed by atoms with van der Waals surface area (Å²) < 4.78 is 0. The fourth-order valence-electron chi connectivity index (χ4n) is 1.65.